The number of rotatable bonds is 2. The van der Waals surface area contributed by atoms with Gasteiger partial charge < -0.3 is 10.5 Å². The predicted molar refractivity (Wildman–Crippen MR) is 73.6 cm³/mol. The van der Waals surface area contributed by atoms with Crippen molar-refractivity contribution in [1.29, 1.82) is 0 Å². The minimum Gasteiger partial charge on any atom is -0.493 e. The zero-order valence-corrected chi connectivity index (χ0v) is 11.4. The number of benzene rings is 1. The highest BCUT2D eigenvalue weighted by Gasteiger charge is 2.17. The monoisotopic (exact) mass is 304 g/mol. The van der Waals surface area contributed by atoms with Crippen molar-refractivity contribution >= 4 is 15.9 Å². The summed E-state index contributed by atoms with van der Waals surface area (Å²) in [7, 11) is 0. The number of ether oxygens (including phenoxy) is 1. The van der Waals surface area contributed by atoms with Gasteiger partial charge in [0, 0.05) is 17.1 Å². The van der Waals surface area contributed by atoms with Gasteiger partial charge in [-0.25, -0.2) is 0 Å². The molecule has 0 saturated carbocycles. The molecule has 0 saturated heterocycles. The Kier molecular flexibility index (Phi) is 3.06. The van der Waals surface area contributed by atoms with Crippen LogP contribution >= 0.6 is 15.9 Å². The molecule has 1 aromatic heterocycles. The van der Waals surface area contributed by atoms with Crippen LogP contribution in [0.25, 0.3) is 0 Å². The highest BCUT2D eigenvalue weighted by atomic mass is 79.9. The third-order valence-corrected chi connectivity index (χ3v) is 3.82. The van der Waals surface area contributed by atoms with Crippen LogP contribution in [0.4, 0.5) is 0 Å². The van der Waals surface area contributed by atoms with Gasteiger partial charge in [-0.15, -0.1) is 0 Å². The number of pyridine rings is 1. The fourth-order valence-electron chi connectivity index (χ4n) is 2.18. The quantitative estimate of drug-likeness (QED) is 0.928. The van der Waals surface area contributed by atoms with E-state index < -0.39 is 0 Å². The van der Waals surface area contributed by atoms with Crippen LogP contribution in [0.1, 0.15) is 22.9 Å². The number of hydrogen-bond donors (Lipinski definition) is 1. The van der Waals surface area contributed by atoms with Gasteiger partial charge in [0.2, 0.25) is 0 Å². The maximum atomic E-state index is 6.28. The van der Waals surface area contributed by atoms with Gasteiger partial charge in [0.25, 0.3) is 0 Å². The van der Waals surface area contributed by atoms with E-state index in [-0.39, 0.29) is 6.04 Å². The molecule has 0 spiro atoms. The van der Waals surface area contributed by atoms with E-state index >= 15 is 0 Å². The summed E-state index contributed by atoms with van der Waals surface area (Å²) in [5.41, 5.74) is 9.44. The Labute approximate surface area is 114 Å². The topological polar surface area (TPSA) is 48.1 Å². The molecular weight excluding hydrogens is 292 g/mol. The molecule has 2 heterocycles. The standard InChI is InChI=1S/C14H13BrN2O/c15-11-2-1-6-17-14(11)13(16)10-3-4-12-9(8-10)5-7-18-12/h1-4,6,8,13H,5,7,16H2. The van der Waals surface area contributed by atoms with Crippen LogP contribution in [0.5, 0.6) is 5.75 Å². The number of hydrogen-bond acceptors (Lipinski definition) is 3. The Morgan fingerprint density at radius 3 is 3.06 bits per heavy atom. The summed E-state index contributed by atoms with van der Waals surface area (Å²) in [6.07, 6.45) is 2.72. The molecule has 2 N–H and O–H groups in total. The van der Waals surface area contributed by atoms with Crippen LogP contribution in [-0.2, 0) is 6.42 Å². The Balaban J connectivity index is 1.98. The average Bonchev–Trinajstić information content (AvgIpc) is 2.85. The number of halogens is 1. The average molecular weight is 305 g/mol. The summed E-state index contributed by atoms with van der Waals surface area (Å²) in [6, 6.07) is 9.75. The van der Waals surface area contributed by atoms with Gasteiger partial charge in [0.15, 0.2) is 0 Å². The van der Waals surface area contributed by atoms with Crippen molar-refractivity contribution in [3.63, 3.8) is 0 Å². The highest BCUT2D eigenvalue weighted by molar-refractivity contribution is 9.10. The third-order valence-electron chi connectivity index (χ3n) is 3.15. The minimum absolute atomic E-state index is 0.216. The molecule has 0 amide bonds. The number of nitrogens with zero attached hydrogens (tertiary/aromatic N) is 1. The lowest BCUT2D eigenvalue weighted by atomic mass is 10.0. The summed E-state index contributed by atoms with van der Waals surface area (Å²) >= 11 is 3.49. The van der Waals surface area contributed by atoms with Gasteiger partial charge in [-0.1, -0.05) is 12.1 Å². The molecule has 92 valence electrons. The number of fused-ring (bicyclic) bond motifs is 1. The molecule has 1 aliphatic heterocycles. The lowest BCUT2D eigenvalue weighted by molar-refractivity contribution is 0.357. The van der Waals surface area contributed by atoms with E-state index in [0.29, 0.717) is 0 Å². The summed E-state index contributed by atoms with van der Waals surface area (Å²) in [4.78, 5) is 4.34. The first-order chi connectivity index (χ1) is 8.75. The van der Waals surface area contributed by atoms with E-state index in [9.17, 15) is 0 Å². The van der Waals surface area contributed by atoms with Crippen molar-refractivity contribution in [2.45, 2.75) is 12.5 Å². The van der Waals surface area contributed by atoms with E-state index in [2.05, 4.69) is 27.0 Å². The third kappa shape index (κ3) is 2.02. The largest absolute Gasteiger partial charge is 0.493 e. The summed E-state index contributed by atoms with van der Waals surface area (Å²) in [6.45, 7) is 0.765. The molecule has 1 unspecified atom stereocenters. The second kappa shape index (κ2) is 4.71. The highest BCUT2D eigenvalue weighted by Crippen LogP contribution is 2.30. The van der Waals surface area contributed by atoms with E-state index in [1.807, 2.05) is 24.3 Å². The SMILES string of the molecule is NC(c1ccc2c(c1)CCO2)c1ncccc1Br. The molecule has 3 nitrogen and oxygen atoms in total. The predicted octanol–water partition coefficient (Wildman–Crippen LogP) is 2.83. The van der Waals surface area contributed by atoms with Crippen LogP contribution in [0.15, 0.2) is 41.0 Å². The zero-order chi connectivity index (χ0) is 12.5. The van der Waals surface area contributed by atoms with Gasteiger partial charge >= 0.3 is 0 Å². The molecular formula is C14H13BrN2O. The van der Waals surface area contributed by atoms with Crippen molar-refractivity contribution in [3.8, 4) is 5.75 Å². The fourth-order valence-corrected chi connectivity index (χ4v) is 2.69. The second-order valence-corrected chi connectivity index (χ2v) is 5.17. The smallest absolute Gasteiger partial charge is 0.122 e. The Hall–Kier alpha value is -1.39. The van der Waals surface area contributed by atoms with Gasteiger partial charge in [-0.3, -0.25) is 4.98 Å². The molecule has 1 aliphatic rings. The molecule has 0 bridgehead atoms. The molecule has 0 fully saturated rings. The van der Waals surface area contributed by atoms with Crippen molar-refractivity contribution in [1.82, 2.24) is 4.98 Å². The Bertz CT molecular complexity index is 586. The van der Waals surface area contributed by atoms with E-state index in [4.69, 9.17) is 10.5 Å². The van der Waals surface area contributed by atoms with Crippen LogP contribution < -0.4 is 10.5 Å². The summed E-state index contributed by atoms with van der Waals surface area (Å²) < 4.78 is 6.44. The number of nitrogens with two attached hydrogens (primary N) is 1. The van der Waals surface area contributed by atoms with Crippen LogP contribution in [0.2, 0.25) is 0 Å². The number of aromatic nitrogens is 1. The zero-order valence-electron chi connectivity index (χ0n) is 9.77. The fraction of sp³-hybridized carbons (Fsp3) is 0.214. The molecule has 0 aliphatic carbocycles. The van der Waals surface area contributed by atoms with Gasteiger partial charge in [-0.2, -0.15) is 0 Å². The molecule has 0 radical (unpaired) electrons. The normalized spacial score (nSPS) is 15.0. The second-order valence-electron chi connectivity index (χ2n) is 4.31. The Morgan fingerprint density at radius 2 is 2.22 bits per heavy atom. The van der Waals surface area contributed by atoms with Crippen LogP contribution in [-0.4, -0.2) is 11.6 Å². The van der Waals surface area contributed by atoms with Crippen molar-refractivity contribution in [3.05, 3.63) is 57.8 Å². The first kappa shape index (κ1) is 11.7. The Morgan fingerprint density at radius 1 is 1.33 bits per heavy atom. The van der Waals surface area contributed by atoms with Gasteiger partial charge in [0.1, 0.15) is 5.75 Å². The lowest BCUT2D eigenvalue weighted by Gasteiger charge is -2.14. The summed E-state index contributed by atoms with van der Waals surface area (Å²) in [5, 5.41) is 0. The maximum Gasteiger partial charge on any atom is 0.122 e. The van der Waals surface area contributed by atoms with Crippen molar-refractivity contribution in [2.24, 2.45) is 5.73 Å². The van der Waals surface area contributed by atoms with Crippen molar-refractivity contribution < 1.29 is 4.74 Å². The van der Waals surface area contributed by atoms with E-state index in [0.717, 1.165) is 34.5 Å². The molecule has 18 heavy (non-hydrogen) atoms. The maximum absolute atomic E-state index is 6.28. The van der Waals surface area contributed by atoms with Gasteiger partial charge in [-0.05, 0) is 45.3 Å². The van der Waals surface area contributed by atoms with Crippen molar-refractivity contribution in [2.75, 3.05) is 6.61 Å². The van der Waals surface area contributed by atoms with E-state index in [1.54, 1.807) is 6.20 Å². The van der Waals surface area contributed by atoms with E-state index in [1.165, 1.54) is 5.56 Å². The van der Waals surface area contributed by atoms with Gasteiger partial charge in [0.05, 0.1) is 18.3 Å². The molecule has 3 rings (SSSR count). The lowest BCUT2D eigenvalue weighted by Crippen LogP contribution is -2.14. The first-order valence-corrected chi connectivity index (χ1v) is 6.66. The molecule has 2 aromatic rings. The molecule has 4 heteroatoms. The minimum atomic E-state index is -0.216. The van der Waals surface area contributed by atoms with Crippen LogP contribution in [0, 0.1) is 0 Å². The molecule has 1 atom stereocenters. The molecule has 1 aromatic carbocycles. The summed E-state index contributed by atoms with van der Waals surface area (Å²) in [5.74, 6) is 0.978. The van der Waals surface area contributed by atoms with Crippen LogP contribution in [0.3, 0.4) is 0 Å². The first-order valence-electron chi connectivity index (χ1n) is 5.87.